The second-order valence-corrected chi connectivity index (χ2v) is 5.34. The van der Waals surface area contributed by atoms with Crippen LogP contribution < -0.4 is 10.1 Å². The summed E-state index contributed by atoms with van der Waals surface area (Å²) in [6.45, 7) is 7.06. The summed E-state index contributed by atoms with van der Waals surface area (Å²) in [4.78, 5) is 4.42. The molecule has 0 bridgehead atoms. The summed E-state index contributed by atoms with van der Waals surface area (Å²) in [6, 6.07) is 8.15. The number of hydrogen-bond acceptors (Lipinski definition) is 3. The molecule has 0 unspecified atom stereocenters. The second-order valence-electron chi connectivity index (χ2n) is 5.34. The smallest absolute Gasteiger partial charge is 0.122 e. The Morgan fingerprint density at radius 3 is 2.65 bits per heavy atom. The SMILES string of the molecule is COc1ccc(Cn2ccnc2CNCC(C)C)cc1. The van der Waals surface area contributed by atoms with E-state index < -0.39 is 0 Å². The fraction of sp³-hybridized carbons (Fsp3) is 0.438. The minimum atomic E-state index is 0.653. The third kappa shape index (κ3) is 4.10. The Kier molecular flexibility index (Phi) is 5.18. The lowest BCUT2D eigenvalue weighted by Crippen LogP contribution is -2.21. The summed E-state index contributed by atoms with van der Waals surface area (Å²) < 4.78 is 7.35. The molecule has 0 aliphatic rings. The summed E-state index contributed by atoms with van der Waals surface area (Å²) in [7, 11) is 1.68. The van der Waals surface area contributed by atoms with Crippen molar-refractivity contribution in [3.63, 3.8) is 0 Å². The van der Waals surface area contributed by atoms with Gasteiger partial charge in [-0.15, -0.1) is 0 Å². The van der Waals surface area contributed by atoms with Crippen LogP contribution in [0.2, 0.25) is 0 Å². The van der Waals surface area contributed by atoms with Crippen molar-refractivity contribution in [2.24, 2.45) is 5.92 Å². The highest BCUT2D eigenvalue weighted by molar-refractivity contribution is 5.27. The number of ether oxygens (including phenoxy) is 1. The highest BCUT2D eigenvalue weighted by atomic mass is 16.5. The van der Waals surface area contributed by atoms with Gasteiger partial charge in [-0.25, -0.2) is 4.98 Å². The Hall–Kier alpha value is -1.81. The van der Waals surface area contributed by atoms with Crippen LogP contribution in [0.3, 0.4) is 0 Å². The fourth-order valence-electron chi connectivity index (χ4n) is 2.05. The number of nitrogens with zero attached hydrogens (tertiary/aromatic N) is 2. The molecule has 1 heterocycles. The zero-order chi connectivity index (χ0) is 14.4. The molecule has 0 spiro atoms. The van der Waals surface area contributed by atoms with Crippen molar-refractivity contribution in [1.29, 1.82) is 0 Å². The maximum absolute atomic E-state index is 5.17. The zero-order valence-electron chi connectivity index (χ0n) is 12.5. The Labute approximate surface area is 120 Å². The molecule has 1 aromatic carbocycles. The van der Waals surface area contributed by atoms with Gasteiger partial charge in [-0.1, -0.05) is 26.0 Å². The first-order valence-corrected chi connectivity index (χ1v) is 7.02. The average molecular weight is 273 g/mol. The molecule has 0 saturated heterocycles. The quantitative estimate of drug-likeness (QED) is 0.843. The van der Waals surface area contributed by atoms with Crippen LogP contribution in [0.1, 0.15) is 25.2 Å². The van der Waals surface area contributed by atoms with Crippen molar-refractivity contribution >= 4 is 0 Å². The standard InChI is InChI=1S/C16H23N3O/c1-13(2)10-17-11-16-18-8-9-19(16)12-14-4-6-15(20-3)7-5-14/h4-9,13,17H,10-12H2,1-3H3. The molecule has 0 saturated carbocycles. The van der Waals surface area contributed by atoms with Crippen molar-refractivity contribution in [1.82, 2.24) is 14.9 Å². The largest absolute Gasteiger partial charge is 0.497 e. The van der Waals surface area contributed by atoms with Crippen LogP contribution in [-0.4, -0.2) is 23.2 Å². The van der Waals surface area contributed by atoms with Gasteiger partial charge in [-0.2, -0.15) is 0 Å². The minimum Gasteiger partial charge on any atom is -0.497 e. The Bertz CT molecular complexity index is 517. The maximum atomic E-state index is 5.17. The van der Waals surface area contributed by atoms with Gasteiger partial charge in [0.2, 0.25) is 0 Å². The molecule has 2 aromatic rings. The summed E-state index contributed by atoms with van der Waals surface area (Å²) in [6.07, 6.45) is 3.88. The zero-order valence-corrected chi connectivity index (χ0v) is 12.5. The van der Waals surface area contributed by atoms with Gasteiger partial charge in [0.25, 0.3) is 0 Å². The van der Waals surface area contributed by atoms with E-state index in [9.17, 15) is 0 Å². The monoisotopic (exact) mass is 273 g/mol. The highest BCUT2D eigenvalue weighted by Gasteiger charge is 2.04. The molecule has 0 radical (unpaired) electrons. The van der Waals surface area contributed by atoms with Gasteiger partial charge in [0, 0.05) is 18.9 Å². The van der Waals surface area contributed by atoms with Crippen molar-refractivity contribution < 1.29 is 4.74 Å². The first-order chi connectivity index (χ1) is 9.69. The third-order valence-corrected chi connectivity index (χ3v) is 3.15. The van der Waals surface area contributed by atoms with Gasteiger partial charge in [-0.05, 0) is 30.2 Å². The molecular weight excluding hydrogens is 250 g/mol. The van der Waals surface area contributed by atoms with Gasteiger partial charge in [0.1, 0.15) is 11.6 Å². The Morgan fingerprint density at radius 2 is 2.00 bits per heavy atom. The molecule has 0 fully saturated rings. The molecule has 1 N–H and O–H groups in total. The van der Waals surface area contributed by atoms with Gasteiger partial charge in [0.15, 0.2) is 0 Å². The predicted molar refractivity (Wildman–Crippen MR) is 80.9 cm³/mol. The summed E-state index contributed by atoms with van der Waals surface area (Å²) in [5.41, 5.74) is 1.24. The molecule has 108 valence electrons. The fourth-order valence-corrected chi connectivity index (χ4v) is 2.05. The van der Waals surface area contributed by atoms with E-state index in [1.54, 1.807) is 7.11 Å². The number of imidazole rings is 1. The molecule has 0 aliphatic carbocycles. The van der Waals surface area contributed by atoms with Crippen molar-refractivity contribution in [3.8, 4) is 5.75 Å². The van der Waals surface area contributed by atoms with Crippen LogP contribution >= 0.6 is 0 Å². The lowest BCUT2D eigenvalue weighted by molar-refractivity contribution is 0.414. The molecule has 1 aromatic heterocycles. The van der Waals surface area contributed by atoms with E-state index >= 15 is 0 Å². The number of hydrogen-bond donors (Lipinski definition) is 1. The highest BCUT2D eigenvalue weighted by Crippen LogP contribution is 2.13. The third-order valence-electron chi connectivity index (χ3n) is 3.15. The van der Waals surface area contributed by atoms with Crippen molar-refractivity contribution in [2.75, 3.05) is 13.7 Å². The van der Waals surface area contributed by atoms with E-state index in [0.717, 1.165) is 31.2 Å². The van der Waals surface area contributed by atoms with Crippen LogP contribution in [0, 0.1) is 5.92 Å². The molecule has 0 amide bonds. The average Bonchev–Trinajstić information content (AvgIpc) is 2.87. The summed E-state index contributed by atoms with van der Waals surface area (Å²) >= 11 is 0. The van der Waals surface area contributed by atoms with E-state index in [2.05, 4.69) is 40.8 Å². The van der Waals surface area contributed by atoms with Crippen LogP contribution in [0.25, 0.3) is 0 Å². The van der Waals surface area contributed by atoms with Crippen LogP contribution in [0.5, 0.6) is 5.75 Å². The number of aromatic nitrogens is 2. The van der Waals surface area contributed by atoms with Gasteiger partial charge in [-0.3, -0.25) is 0 Å². The van der Waals surface area contributed by atoms with E-state index in [1.807, 2.05) is 24.5 Å². The maximum Gasteiger partial charge on any atom is 0.122 e. The minimum absolute atomic E-state index is 0.653. The summed E-state index contributed by atoms with van der Waals surface area (Å²) in [5, 5.41) is 3.43. The molecule has 0 aliphatic heterocycles. The molecule has 20 heavy (non-hydrogen) atoms. The molecular formula is C16H23N3O. The number of rotatable bonds is 7. The van der Waals surface area contributed by atoms with E-state index in [4.69, 9.17) is 4.74 Å². The van der Waals surface area contributed by atoms with Gasteiger partial charge >= 0.3 is 0 Å². The van der Waals surface area contributed by atoms with Crippen LogP contribution in [0.4, 0.5) is 0 Å². The van der Waals surface area contributed by atoms with E-state index in [0.29, 0.717) is 5.92 Å². The molecule has 4 nitrogen and oxygen atoms in total. The summed E-state index contributed by atoms with van der Waals surface area (Å²) in [5.74, 6) is 2.61. The topological polar surface area (TPSA) is 39.1 Å². The lowest BCUT2D eigenvalue weighted by Gasteiger charge is -2.10. The lowest BCUT2D eigenvalue weighted by atomic mass is 10.2. The number of methoxy groups -OCH3 is 1. The first kappa shape index (κ1) is 14.6. The van der Waals surface area contributed by atoms with Crippen LogP contribution in [-0.2, 0) is 13.1 Å². The van der Waals surface area contributed by atoms with Crippen molar-refractivity contribution in [3.05, 3.63) is 48.0 Å². The van der Waals surface area contributed by atoms with E-state index in [-0.39, 0.29) is 0 Å². The number of benzene rings is 1. The number of nitrogens with one attached hydrogen (secondary N) is 1. The van der Waals surface area contributed by atoms with Gasteiger partial charge < -0.3 is 14.6 Å². The van der Waals surface area contributed by atoms with Gasteiger partial charge in [0.05, 0.1) is 13.7 Å². The second kappa shape index (κ2) is 7.10. The Morgan fingerprint density at radius 1 is 1.25 bits per heavy atom. The normalized spacial score (nSPS) is 11.0. The molecule has 0 atom stereocenters. The van der Waals surface area contributed by atoms with Crippen LogP contribution in [0.15, 0.2) is 36.7 Å². The molecule has 4 heteroatoms. The first-order valence-electron chi connectivity index (χ1n) is 7.02. The van der Waals surface area contributed by atoms with E-state index in [1.165, 1.54) is 5.56 Å². The molecule has 2 rings (SSSR count). The Balaban J connectivity index is 1.96. The van der Waals surface area contributed by atoms with Crippen molar-refractivity contribution in [2.45, 2.75) is 26.9 Å². The predicted octanol–water partition coefficient (Wildman–Crippen LogP) is 2.69.